The minimum atomic E-state index is -0.362. The molecule has 2 unspecified atom stereocenters. The lowest BCUT2D eigenvalue weighted by molar-refractivity contribution is -0.134. The van der Waals surface area contributed by atoms with Gasteiger partial charge in [0.1, 0.15) is 11.9 Å². The van der Waals surface area contributed by atoms with E-state index in [0.29, 0.717) is 32.2 Å². The van der Waals surface area contributed by atoms with Crippen LogP contribution in [0.15, 0.2) is 24.3 Å². The molecular weight excluding hydrogens is 256 g/mol. The molecule has 1 aromatic carbocycles. The smallest absolute Gasteiger partial charge is 0.250 e. The number of hydrogen-bond acceptors (Lipinski definition) is 4. The van der Waals surface area contributed by atoms with Crippen molar-refractivity contribution in [3.05, 3.63) is 29.8 Å². The topological polar surface area (TPSA) is 59.6 Å². The van der Waals surface area contributed by atoms with Crippen LogP contribution in [-0.2, 0) is 9.53 Å². The molecule has 108 valence electrons. The zero-order chi connectivity index (χ0) is 13.8. The van der Waals surface area contributed by atoms with Crippen LogP contribution >= 0.6 is 0 Å². The molecule has 5 nitrogen and oxygen atoms in total. The molecule has 1 aromatic rings. The Morgan fingerprint density at radius 3 is 3.10 bits per heavy atom. The van der Waals surface area contributed by atoms with Crippen LogP contribution < -0.4 is 15.4 Å². The van der Waals surface area contributed by atoms with Crippen LogP contribution in [0.3, 0.4) is 0 Å². The molecule has 3 rings (SSSR count). The second-order valence-electron chi connectivity index (χ2n) is 5.18. The Morgan fingerprint density at radius 1 is 1.35 bits per heavy atom. The number of para-hydroxylation sites is 1. The number of carbonyl (C=O) groups excluding carboxylic acids is 1. The van der Waals surface area contributed by atoms with Gasteiger partial charge in [-0.2, -0.15) is 0 Å². The second kappa shape index (κ2) is 6.24. The van der Waals surface area contributed by atoms with Gasteiger partial charge in [0, 0.05) is 25.6 Å². The number of hydrogen-bond donors (Lipinski definition) is 2. The monoisotopic (exact) mass is 276 g/mol. The Kier molecular flexibility index (Phi) is 4.18. The predicted molar refractivity (Wildman–Crippen MR) is 74.9 cm³/mol. The third-order valence-electron chi connectivity index (χ3n) is 3.83. The molecule has 20 heavy (non-hydrogen) atoms. The highest BCUT2D eigenvalue weighted by atomic mass is 16.5. The molecule has 2 aliphatic heterocycles. The molecule has 2 N–H and O–H groups in total. The number of rotatable bonds is 3. The van der Waals surface area contributed by atoms with E-state index in [-0.39, 0.29) is 12.0 Å². The average Bonchev–Trinajstić information content (AvgIpc) is 2.53. The van der Waals surface area contributed by atoms with E-state index >= 15 is 0 Å². The van der Waals surface area contributed by atoms with Gasteiger partial charge in [0.25, 0.3) is 0 Å². The predicted octanol–water partition coefficient (Wildman–Crippen LogP) is 0.657. The standard InChI is InChI=1S/C15H20N2O3/c18-15(14-10-16-6-8-20-14)17-9-11-5-7-19-13-4-2-1-3-12(11)13/h1-4,11,14,16H,5-10H2,(H,17,18). The van der Waals surface area contributed by atoms with Crippen molar-refractivity contribution in [2.75, 3.05) is 32.8 Å². The Balaban J connectivity index is 1.57. The third-order valence-corrected chi connectivity index (χ3v) is 3.83. The van der Waals surface area contributed by atoms with Crippen molar-refractivity contribution in [2.45, 2.75) is 18.4 Å². The molecule has 2 heterocycles. The first-order chi connectivity index (χ1) is 9.84. The minimum Gasteiger partial charge on any atom is -0.493 e. The van der Waals surface area contributed by atoms with E-state index in [1.54, 1.807) is 0 Å². The van der Waals surface area contributed by atoms with Crippen molar-refractivity contribution < 1.29 is 14.3 Å². The van der Waals surface area contributed by atoms with Crippen LogP contribution in [0, 0.1) is 0 Å². The van der Waals surface area contributed by atoms with E-state index in [4.69, 9.17) is 9.47 Å². The van der Waals surface area contributed by atoms with E-state index in [1.807, 2.05) is 18.2 Å². The van der Waals surface area contributed by atoms with Gasteiger partial charge in [-0.3, -0.25) is 4.79 Å². The minimum absolute atomic E-state index is 0.0267. The summed E-state index contributed by atoms with van der Waals surface area (Å²) in [6.07, 6.45) is 0.569. The molecular formula is C15H20N2O3. The molecule has 0 bridgehead atoms. The first-order valence-electron chi connectivity index (χ1n) is 7.16. The van der Waals surface area contributed by atoms with Crippen molar-refractivity contribution in [3.63, 3.8) is 0 Å². The van der Waals surface area contributed by atoms with Gasteiger partial charge in [0.2, 0.25) is 5.91 Å². The second-order valence-corrected chi connectivity index (χ2v) is 5.18. The highest BCUT2D eigenvalue weighted by Crippen LogP contribution is 2.32. The number of morpholine rings is 1. The van der Waals surface area contributed by atoms with Crippen LogP contribution in [0.5, 0.6) is 5.75 Å². The lowest BCUT2D eigenvalue weighted by atomic mass is 9.93. The fraction of sp³-hybridized carbons (Fsp3) is 0.533. The van der Waals surface area contributed by atoms with E-state index in [1.165, 1.54) is 5.56 Å². The van der Waals surface area contributed by atoms with E-state index in [0.717, 1.165) is 18.7 Å². The zero-order valence-electron chi connectivity index (χ0n) is 11.4. The summed E-state index contributed by atoms with van der Waals surface area (Å²) >= 11 is 0. The first kappa shape index (κ1) is 13.4. The van der Waals surface area contributed by atoms with Crippen LogP contribution in [0.1, 0.15) is 17.9 Å². The van der Waals surface area contributed by atoms with Crippen molar-refractivity contribution in [1.29, 1.82) is 0 Å². The molecule has 0 saturated carbocycles. The average molecular weight is 276 g/mol. The number of carbonyl (C=O) groups is 1. The summed E-state index contributed by atoms with van der Waals surface area (Å²) in [5, 5.41) is 6.17. The summed E-state index contributed by atoms with van der Waals surface area (Å²) in [6, 6.07) is 8.04. The highest BCUT2D eigenvalue weighted by Gasteiger charge is 2.25. The maximum atomic E-state index is 12.0. The van der Waals surface area contributed by atoms with Crippen LogP contribution in [-0.4, -0.2) is 44.9 Å². The molecule has 0 radical (unpaired) electrons. The lowest BCUT2D eigenvalue weighted by Crippen LogP contribution is -2.48. The Labute approximate surface area is 118 Å². The Hall–Kier alpha value is -1.59. The summed E-state index contributed by atoms with van der Waals surface area (Å²) < 4.78 is 11.1. The number of amides is 1. The molecule has 0 aliphatic carbocycles. The van der Waals surface area contributed by atoms with Gasteiger partial charge in [-0.15, -0.1) is 0 Å². The summed E-state index contributed by atoms with van der Waals surface area (Å²) in [7, 11) is 0. The SMILES string of the molecule is O=C(NCC1CCOc2ccccc21)C1CNCCO1. The van der Waals surface area contributed by atoms with Crippen LogP contribution in [0.2, 0.25) is 0 Å². The van der Waals surface area contributed by atoms with Crippen LogP contribution in [0.4, 0.5) is 0 Å². The Bertz CT molecular complexity index is 472. The maximum absolute atomic E-state index is 12.0. The number of ether oxygens (including phenoxy) is 2. The number of benzene rings is 1. The highest BCUT2D eigenvalue weighted by molar-refractivity contribution is 5.81. The van der Waals surface area contributed by atoms with Crippen molar-refractivity contribution in [1.82, 2.24) is 10.6 Å². The number of fused-ring (bicyclic) bond motifs is 1. The zero-order valence-corrected chi connectivity index (χ0v) is 11.4. The van der Waals surface area contributed by atoms with Gasteiger partial charge < -0.3 is 20.1 Å². The van der Waals surface area contributed by atoms with Gasteiger partial charge in [-0.05, 0) is 18.1 Å². The first-order valence-corrected chi connectivity index (χ1v) is 7.16. The summed E-state index contributed by atoms with van der Waals surface area (Å²) in [5.41, 5.74) is 1.18. The third kappa shape index (κ3) is 2.94. The molecule has 1 saturated heterocycles. The van der Waals surface area contributed by atoms with Crippen LogP contribution in [0.25, 0.3) is 0 Å². The Morgan fingerprint density at radius 2 is 2.25 bits per heavy atom. The molecule has 2 atom stereocenters. The van der Waals surface area contributed by atoms with Gasteiger partial charge in [0.05, 0.1) is 13.2 Å². The largest absolute Gasteiger partial charge is 0.493 e. The molecule has 0 aromatic heterocycles. The molecule has 2 aliphatic rings. The molecule has 0 spiro atoms. The maximum Gasteiger partial charge on any atom is 0.250 e. The van der Waals surface area contributed by atoms with Gasteiger partial charge in [-0.1, -0.05) is 18.2 Å². The van der Waals surface area contributed by atoms with E-state index in [9.17, 15) is 4.79 Å². The van der Waals surface area contributed by atoms with E-state index < -0.39 is 0 Å². The fourth-order valence-corrected chi connectivity index (χ4v) is 2.70. The van der Waals surface area contributed by atoms with Crippen molar-refractivity contribution in [2.24, 2.45) is 0 Å². The van der Waals surface area contributed by atoms with E-state index in [2.05, 4.69) is 16.7 Å². The molecule has 5 heteroatoms. The molecule has 1 fully saturated rings. The molecule has 1 amide bonds. The van der Waals surface area contributed by atoms with Crippen molar-refractivity contribution >= 4 is 5.91 Å². The summed E-state index contributed by atoms with van der Waals surface area (Å²) in [5.74, 6) is 1.23. The van der Waals surface area contributed by atoms with Crippen molar-refractivity contribution in [3.8, 4) is 5.75 Å². The quantitative estimate of drug-likeness (QED) is 0.851. The van der Waals surface area contributed by atoms with Gasteiger partial charge >= 0.3 is 0 Å². The summed E-state index contributed by atoms with van der Waals surface area (Å²) in [4.78, 5) is 12.0. The lowest BCUT2D eigenvalue weighted by Gasteiger charge is -2.27. The number of nitrogens with one attached hydrogen (secondary N) is 2. The normalized spacial score (nSPS) is 25.4. The summed E-state index contributed by atoms with van der Waals surface area (Å²) in [6.45, 7) is 3.35. The van der Waals surface area contributed by atoms with Gasteiger partial charge in [-0.25, -0.2) is 0 Å². The fourth-order valence-electron chi connectivity index (χ4n) is 2.70. The van der Waals surface area contributed by atoms with Gasteiger partial charge in [0.15, 0.2) is 0 Å².